The molecular weight excluding hydrogens is 229 g/mol. The van der Waals surface area contributed by atoms with E-state index in [9.17, 15) is 9.18 Å². The Bertz CT molecular complexity index is 468. The molecule has 1 aliphatic rings. The highest BCUT2D eigenvalue weighted by atomic mass is 19.1. The second-order valence-electron chi connectivity index (χ2n) is 5.84. The molecule has 1 aromatic carbocycles. The van der Waals surface area contributed by atoms with Crippen LogP contribution in [0.15, 0.2) is 18.2 Å². The molecule has 2 rings (SSSR count). The van der Waals surface area contributed by atoms with Crippen LogP contribution >= 0.6 is 0 Å². The van der Waals surface area contributed by atoms with Crippen LogP contribution in [-0.4, -0.2) is 11.9 Å². The van der Waals surface area contributed by atoms with Crippen LogP contribution < -0.4 is 5.32 Å². The normalized spacial score (nSPS) is 21.9. The first-order valence-corrected chi connectivity index (χ1v) is 6.48. The van der Waals surface area contributed by atoms with Gasteiger partial charge in [0.1, 0.15) is 5.82 Å². The minimum Gasteiger partial charge on any atom is -0.349 e. The molecule has 0 heterocycles. The van der Waals surface area contributed by atoms with Crippen molar-refractivity contribution in [3.8, 4) is 0 Å². The summed E-state index contributed by atoms with van der Waals surface area (Å²) in [4.78, 5) is 12.1. The van der Waals surface area contributed by atoms with Crippen molar-refractivity contribution in [2.75, 3.05) is 0 Å². The molecule has 0 saturated heterocycles. The predicted molar refractivity (Wildman–Crippen MR) is 70.0 cm³/mol. The van der Waals surface area contributed by atoms with Gasteiger partial charge in [0.2, 0.25) is 0 Å². The van der Waals surface area contributed by atoms with Crippen molar-refractivity contribution in [1.29, 1.82) is 0 Å². The number of nitrogens with one attached hydrogen (secondary N) is 1. The Labute approximate surface area is 108 Å². The summed E-state index contributed by atoms with van der Waals surface area (Å²) in [7, 11) is 0. The molecule has 1 aromatic rings. The molecule has 1 amide bonds. The predicted octanol–water partition coefficient (Wildman–Crippen LogP) is 3.44. The molecule has 1 unspecified atom stereocenters. The zero-order valence-electron chi connectivity index (χ0n) is 11.2. The van der Waals surface area contributed by atoms with Crippen LogP contribution in [0.1, 0.15) is 49.0 Å². The number of carbonyl (C=O) groups excluding carboxylic acids is 1. The minimum atomic E-state index is -0.411. The van der Waals surface area contributed by atoms with Crippen LogP contribution in [0.25, 0.3) is 0 Å². The maximum atomic E-state index is 13.9. The molecular formula is C15H20FNO. The van der Waals surface area contributed by atoms with Crippen molar-refractivity contribution in [2.24, 2.45) is 5.41 Å². The van der Waals surface area contributed by atoms with Crippen LogP contribution in [0.2, 0.25) is 0 Å². The van der Waals surface area contributed by atoms with Gasteiger partial charge in [0.05, 0.1) is 5.56 Å². The lowest BCUT2D eigenvalue weighted by Crippen LogP contribution is -2.41. The summed E-state index contributed by atoms with van der Waals surface area (Å²) in [5, 5.41) is 2.97. The van der Waals surface area contributed by atoms with E-state index in [1.165, 1.54) is 0 Å². The van der Waals surface area contributed by atoms with Crippen LogP contribution in [-0.2, 0) is 0 Å². The molecule has 0 radical (unpaired) electrons. The Morgan fingerprint density at radius 3 is 2.78 bits per heavy atom. The van der Waals surface area contributed by atoms with Crippen molar-refractivity contribution in [2.45, 2.75) is 46.1 Å². The lowest BCUT2D eigenvalue weighted by molar-refractivity contribution is 0.0905. The second-order valence-corrected chi connectivity index (χ2v) is 5.84. The monoisotopic (exact) mass is 249 g/mol. The third-order valence-corrected chi connectivity index (χ3v) is 4.00. The summed E-state index contributed by atoms with van der Waals surface area (Å²) < 4.78 is 13.9. The van der Waals surface area contributed by atoms with E-state index in [2.05, 4.69) is 19.2 Å². The highest BCUT2D eigenvalue weighted by Crippen LogP contribution is 2.37. The molecule has 1 aliphatic carbocycles. The average Bonchev–Trinajstić information content (AvgIpc) is 2.62. The second kappa shape index (κ2) is 4.71. The fourth-order valence-corrected chi connectivity index (χ4v) is 2.65. The highest BCUT2D eigenvalue weighted by Gasteiger charge is 2.35. The van der Waals surface area contributed by atoms with Gasteiger partial charge in [-0.25, -0.2) is 4.39 Å². The summed E-state index contributed by atoms with van der Waals surface area (Å²) in [5.41, 5.74) is 0.765. The zero-order valence-corrected chi connectivity index (χ0v) is 11.2. The van der Waals surface area contributed by atoms with Gasteiger partial charge in [-0.1, -0.05) is 32.4 Å². The first kappa shape index (κ1) is 13.1. The molecule has 0 spiro atoms. The lowest BCUT2D eigenvalue weighted by Gasteiger charge is -2.27. The summed E-state index contributed by atoms with van der Waals surface area (Å²) in [6.07, 6.45) is 3.20. The smallest absolute Gasteiger partial charge is 0.254 e. The van der Waals surface area contributed by atoms with Crippen molar-refractivity contribution >= 4 is 5.91 Å². The van der Waals surface area contributed by atoms with Crippen molar-refractivity contribution in [3.05, 3.63) is 35.1 Å². The summed E-state index contributed by atoms with van der Waals surface area (Å²) >= 11 is 0. The number of hydrogen-bond donors (Lipinski definition) is 1. The molecule has 18 heavy (non-hydrogen) atoms. The van der Waals surface area contributed by atoms with E-state index in [1.54, 1.807) is 25.1 Å². The summed E-state index contributed by atoms with van der Waals surface area (Å²) in [5.74, 6) is -0.707. The summed E-state index contributed by atoms with van der Waals surface area (Å²) in [6.45, 7) is 5.97. The van der Waals surface area contributed by atoms with Gasteiger partial charge in [-0.05, 0) is 36.8 Å². The topological polar surface area (TPSA) is 29.1 Å². The molecule has 2 nitrogen and oxygen atoms in total. The number of aryl methyl sites for hydroxylation is 1. The maximum absolute atomic E-state index is 13.9. The Morgan fingerprint density at radius 2 is 2.17 bits per heavy atom. The van der Waals surface area contributed by atoms with E-state index < -0.39 is 5.82 Å². The van der Waals surface area contributed by atoms with E-state index in [-0.39, 0.29) is 22.9 Å². The number of carbonyl (C=O) groups is 1. The number of amides is 1. The van der Waals surface area contributed by atoms with Gasteiger partial charge in [-0.15, -0.1) is 0 Å². The molecule has 0 aromatic heterocycles. The van der Waals surface area contributed by atoms with Gasteiger partial charge < -0.3 is 5.32 Å². The van der Waals surface area contributed by atoms with Gasteiger partial charge in [-0.2, -0.15) is 0 Å². The van der Waals surface area contributed by atoms with Gasteiger partial charge in [0, 0.05) is 6.04 Å². The number of halogens is 1. The van der Waals surface area contributed by atoms with Crippen LogP contribution in [0.3, 0.4) is 0 Å². The van der Waals surface area contributed by atoms with Crippen molar-refractivity contribution < 1.29 is 9.18 Å². The van der Waals surface area contributed by atoms with Crippen LogP contribution in [0.4, 0.5) is 4.39 Å². The number of benzene rings is 1. The third kappa shape index (κ3) is 2.40. The largest absolute Gasteiger partial charge is 0.349 e. The molecule has 0 aliphatic heterocycles. The summed E-state index contributed by atoms with van der Waals surface area (Å²) in [6, 6.07) is 5.07. The molecule has 1 saturated carbocycles. The van der Waals surface area contributed by atoms with Crippen molar-refractivity contribution in [1.82, 2.24) is 5.32 Å². The number of hydrogen-bond acceptors (Lipinski definition) is 1. The Balaban J connectivity index is 2.15. The van der Waals surface area contributed by atoms with Gasteiger partial charge >= 0.3 is 0 Å². The van der Waals surface area contributed by atoms with E-state index in [0.717, 1.165) is 19.3 Å². The Hall–Kier alpha value is -1.38. The van der Waals surface area contributed by atoms with E-state index in [0.29, 0.717) is 5.56 Å². The average molecular weight is 249 g/mol. The molecule has 1 fully saturated rings. The Kier molecular flexibility index (Phi) is 3.42. The fourth-order valence-electron chi connectivity index (χ4n) is 2.65. The van der Waals surface area contributed by atoms with Crippen LogP contribution in [0, 0.1) is 18.2 Å². The van der Waals surface area contributed by atoms with Gasteiger partial charge in [-0.3, -0.25) is 4.79 Å². The Morgan fingerprint density at radius 1 is 1.44 bits per heavy atom. The molecule has 3 heteroatoms. The van der Waals surface area contributed by atoms with Gasteiger partial charge in [0.25, 0.3) is 5.91 Å². The van der Waals surface area contributed by atoms with Gasteiger partial charge in [0.15, 0.2) is 0 Å². The standard InChI is InChI=1S/C15H20FNO/c1-10-6-4-7-11(13(10)16)14(18)17-12-8-5-9-15(12,2)3/h4,6-7,12H,5,8-9H2,1-3H3,(H,17,18). The number of rotatable bonds is 2. The van der Waals surface area contributed by atoms with Crippen LogP contribution in [0.5, 0.6) is 0 Å². The SMILES string of the molecule is Cc1cccc(C(=O)NC2CCCC2(C)C)c1F. The molecule has 1 N–H and O–H groups in total. The quantitative estimate of drug-likeness (QED) is 0.854. The van der Waals surface area contributed by atoms with E-state index >= 15 is 0 Å². The fraction of sp³-hybridized carbons (Fsp3) is 0.533. The van der Waals surface area contributed by atoms with E-state index in [1.807, 2.05) is 0 Å². The molecule has 1 atom stereocenters. The van der Waals surface area contributed by atoms with E-state index in [4.69, 9.17) is 0 Å². The third-order valence-electron chi connectivity index (χ3n) is 4.00. The highest BCUT2D eigenvalue weighted by molar-refractivity contribution is 5.94. The maximum Gasteiger partial charge on any atom is 0.254 e. The first-order valence-electron chi connectivity index (χ1n) is 6.48. The lowest BCUT2D eigenvalue weighted by atomic mass is 9.87. The molecule has 0 bridgehead atoms. The first-order chi connectivity index (χ1) is 8.42. The zero-order chi connectivity index (χ0) is 13.3. The molecule has 98 valence electrons. The van der Waals surface area contributed by atoms with Crippen molar-refractivity contribution in [3.63, 3.8) is 0 Å². The minimum absolute atomic E-state index is 0.107.